The van der Waals surface area contributed by atoms with E-state index in [4.69, 9.17) is 4.74 Å². The van der Waals surface area contributed by atoms with Crippen LogP contribution in [0.1, 0.15) is 41.7 Å². The zero-order valence-electron chi connectivity index (χ0n) is 15.7. The molecule has 2 aromatic carbocycles. The number of carbonyl (C=O) groups is 1. The minimum absolute atomic E-state index is 0.0313. The van der Waals surface area contributed by atoms with Gasteiger partial charge in [-0.25, -0.2) is 4.39 Å². The van der Waals surface area contributed by atoms with Crippen molar-refractivity contribution in [2.45, 2.75) is 25.8 Å². The average molecular weight is 358 g/mol. The summed E-state index contributed by atoms with van der Waals surface area (Å²) in [5.74, 6) is 0.364. The number of hydrogen-bond donors (Lipinski definition) is 1. The third-order valence-electron chi connectivity index (χ3n) is 4.22. The van der Waals surface area contributed by atoms with Gasteiger partial charge in [0, 0.05) is 12.1 Å². The normalized spacial score (nSPS) is 12.0. The monoisotopic (exact) mass is 358 g/mol. The predicted molar refractivity (Wildman–Crippen MR) is 102 cm³/mol. The van der Waals surface area contributed by atoms with Gasteiger partial charge in [0.25, 0.3) is 5.91 Å². The standard InChI is InChI=1S/C21H27FN2O2/c1-4-5-14-26-19-12-8-17(9-13-19)21(25)23-15-20(24(2)3)16-6-10-18(22)11-7-16/h6-13,20H,4-5,14-15H2,1-3H3,(H,23,25). The Morgan fingerprint density at radius 2 is 1.77 bits per heavy atom. The lowest BCUT2D eigenvalue weighted by molar-refractivity contribution is 0.0942. The van der Waals surface area contributed by atoms with Gasteiger partial charge >= 0.3 is 0 Å². The Kier molecular flexibility index (Phi) is 7.60. The summed E-state index contributed by atoms with van der Waals surface area (Å²) in [5.41, 5.74) is 1.54. The van der Waals surface area contributed by atoms with Gasteiger partial charge in [0.15, 0.2) is 0 Å². The second-order valence-corrected chi connectivity index (χ2v) is 6.47. The second kappa shape index (κ2) is 9.92. The van der Waals surface area contributed by atoms with E-state index in [0.29, 0.717) is 18.7 Å². The summed E-state index contributed by atoms with van der Waals surface area (Å²) in [6.07, 6.45) is 2.10. The van der Waals surface area contributed by atoms with Gasteiger partial charge in [-0.3, -0.25) is 4.79 Å². The molecule has 140 valence electrons. The summed E-state index contributed by atoms with van der Waals surface area (Å²) in [5, 5.41) is 2.95. The van der Waals surface area contributed by atoms with E-state index in [0.717, 1.165) is 24.2 Å². The first-order chi connectivity index (χ1) is 12.5. The molecule has 1 unspecified atom stereocenters. The molecular weight excluding hydrogens is 331 g/mol. The minimum atomic E-state index is -0.267. The molecule has 0 aliphatic carbocycles. The van der Waals surface area contributed by atoms with Gasteiger partial charge in [-0.15, -0.1) is 0 Å². The van der Waals surface area contributed by atoms with Crippen molar-refractivity contribution in [1.82, 2.24) is 10.2 Å². The number of nitrogens with one attached hydrogen (secondary N) is 1. The van der Waals surface area contributed by atoms with Crippen LogP contribution in [0.5, 0.6) is 5.75 Å². The summed E-state index contributed by atoms with van der Waals surface area (Å²) >= 11 is 0. The van der Waals surface area contributed by atoms with E-state index in [9.17, 15) is 9.18 Å². The molecule has 5 heteroatoms. The summed E-state index contributed by atoms with van der Waals surface area (Å²) in [6.45, 7) is 3.24. The van der Waals surface area contributed by atoms with Crippen molar-refractivity contribution in [2.75, 3.05) is 27.2 Å². The Morgan fingerprint density at radius 1 is 1.12 bits per heavy atom. The Bertz CT molecular complexity index is 684. The van der Waals surface area contributed by atoms with E-state index in [2.05, 4.69) is 12.2 Å². The zero-order chi connectivity index (χ0) is 18.9. The zero-order valence-corrected chi connectivity index (χ0v) is 15.7. The fourth-order valence-electron chi connectivity index (χ4n) is 2.61. The largest absolute Gasteiger partial charge is 0.494 e. The van der Waals surface area contributed by atoms with Gasteiger partial charge in [-0.05, 0) is 62.5 Å². The smallest absolute Gasteiger partial charge is 0.251 e. The molecule has 2 rings (SSSR count). The molecule has 0 aliphatic heterocycles. The van der Waals surface area contributed by atoms with Crippen LogP contribution in [0.3, 0.4) is 0 Å². The number of halogens is 1. The first-order valence-electron chi connectivity index (χ1n) is 8.94. The van der Waals surface area contributed by atoms with Crippen LogP contribution in [0.25, 0.3) is 0 Å². The molecule has 0 bridgehead atoms. The van der Waals surface area contributed by atoms with Crippen LogP contribution < -0.4 is 10.1 Å². The van der Waals surface area contributed by atoms with Crippen LogP contribution in [0, 0.1) is 5.82 Å². The SMILES string of the molecule is CCCCOc1ccc(C(=O)NCC(c2ccc(F)cc2)N(C)C)cc1. The Hall–Kier alpha value is -2.40. The molecule has 0 heterocycles. The summed E-state index contributed by atoms with van der Waals surface area (Å²) < 4.78 is 18.7. The maximum Gasteiger partial charge on any atom is 0.251 e. The summed E-state index contributed by atoms with van der Waals surface area (Å²) in [6, 6.07) is 13.5. The Morgan fingerprint density at radius 3 is 2.35 bits per heavy atom. The van der Waals surface area contributed by atoms with Crippen LogP contribution in [0.2, 0.25) is 0 Å². The van der Waals surface area contributed by atoms with E-state index >= 15 is 0 Å². The molecular formula is C21H27FN2O2. The van der Waals surface area contributed by atoms with E-state index in [1.54, 1.807) is 24.3 Å². The highest BCUT2D eigenvalue weighted by molar-refractivity contribution is 5.94. The number of ether oxygens (including phenoxy) is 1. The molecule has 0 radical (unpaired) electrons. The van der Waals surface area contributed by atoms with Crippen molar-refractivity contribution in [3.63, 3.8) is 0 Å². The average Bonchev–Trinajstić information content (AvgIpc) is 2.63. The number of benzene rings is 2. The maximum atomic E-state index is 13.1. The van der Waals surface area contributed by atoms with Crippen LogP contribution in [-0.4, -0.2) is 38.1 Å². The number of rotatable bonds is 9. The van der Waals surface area contributed by atoms with Crippen LogP contribution in [0.15, 0.2) is 48.5 Å². The Balaban J connectivity index is 1.94. The van der Waals surface area contributed by atoms with Crippen molar-refractivity contribution in [2.24, 2.45) is 0 Å². The van der Waals surface area contributed by atoms with Gasteiger partial charge in [-0.2, -0.15) is 0 Å². The van der Waals surface area contributed by atoms with E-state index in [1.165, 1.54) is 12.1 Å². The number of hydrogen-bond acceptors (Lipinski definition) is 3. The summed E-state index contributed by atoms with van der Waals surface area (Å²) in [4.78, 5) is 14.4. The number of carbonyl (C=O) groups excluding carboxylic acids is 1. The van der Waals surface area contributed by atoms with Crippen LogP contribution in [-0.2, 0) is 0 Å². The quantitative estimate of drug-likeness (QED) is 0.688. The first kappa shape index (κ1) is 19.9. The van der Waals surface area contributed by atoms with Crippen LogP contribution >= 0.6 is 0 Å². The lowest BCUT2D eigenvalue weighted by Gasteiger charge is -2.25. The van der Waals surface area contributed by atoms with E-state index < -0.39 is 0 Å². The highest BCUT2D eigenvalue weighted by atomic mass is 19.1. The molecule has 1 amide bonds. The lowest BCUT2D eigenvalue weighted by Crippen LogP contribution is -2.34. The van der Waals surface area contributed by atoms with Crippen molar-refractivity contribution in [1.29, 1.82) is 0 Å². The van der Waals surface area contributed by atoms with Crippen LogP contribution in [0.4, 0.5) is 4.39 Å². The van der Waals surface area contributed by atoms with Gasteiger partial charge in [0.05, 0.1) is 12.6 Å². The molecule has 0 aromatic heterocycles. The molecule has 0 aliphatic rings. The highest BCUT2D eigenvalue weighted by Gasteiger charge is 2.16. The molecule has 26 heavy (non-hydrogen) atoms. The fraction of sp³-hybridized carbons (Fsp3) is 0.381. The first-order valence-corrected chi connectivity index (χ1v) is 8.94. The third kappa shape index (κ3) is 5.85. The van der Waals surface area contributed by atoms with E-state index in [-0.39, 0.29) is 17.8 Å². The number of unbranched alkanes of at least 4 members (excludes halogenated alkanes) is 1. The topological polar surface area (TPSA) is 41.6 Å². The molecule has 0 saturated heterocycles. The summed E-state index contributed by atoms with van der Waals surface area (Å²) in [7, 11) is 3.87. The minimum Gasteiger partial charge on any atom is -0.494 e. The van der Waals surface area contributed by atoms with Gasteiger partial charge < -0.3 is 15.0 Å². The maximum absolute atomic E-state index is 13.1. The number of likely N-dealkylation sites (N-methyl/N-ethyl adjacent to an activating group) is 1. The second-order valence-electron chi connectivity index (χ2n) is 6.47. The van der Waals surface area contributed by atoms with Crippen molar-refractivity contribution < 1.29 is 13.9 Å². The molecule has 4 nitrogen and oxygen atoms in total. The van der Waals surface area contributed by atoms with Crippen molar-refractivity contribution >= 4 is 5.91 Å². The molecule has 0 fully saturated rings. The van der Waals surface area contributed by atoms with Gasteiger partial charge in [0.2, 0.25) is 0 Å². The van der Waals surface area contributed by atoms with Crippen molar-refractivity contribution in [3.05, 3.63) is 65.5 Å². The molecule has 0 spiro atoms. The third-order valence-corrected chi connectivity index (χ3v) is 4.22. The van der Waals surface area contributed by atoms with Gasteiger partial charge in [0.1, 0.15) is 11.6 Å². The predicted octanol–water partition coefficient (Wildman–Crippen LogP) is 4.04. The molecule has 0 saturated carbocycles. The Labute approximate surface area is 155 Å². The fourth-order valence-corrected chi connectivity index (χ4v) is 2.61. The lowest BCUT2D eigenvalue weighted by atomic mass is 10.1. The number of nitrogens with zero attached hydrogens (tertiary/aromatic N) is 1. The van der Waals surface area contributed by atoms with Gasteiger partial charge in [-0.1, -0.05) is 25.5 Å². The number of amides is 1. The molecule has 1 atom stereocenters. The molecule has 2 aromatic rings. The molecule has 1 N–H and O–H groups in total. The van der Waals surface area contributed by atoms with E-state index in [1.807, 2.05) is 31.1 Å². The highest BCUT2D eigenvalue weighted by Crippen LogP contribution is 2.18. The van der Waals surface area contributed by atoms with Crippen molar-refractivity contribution in [3.8, 4) is 5.75 Å².